The van der Waals surface area contributed by atoms with Gasteiger partial charge in [0, 0.05) is 12.5 Å². The standard InChI is InChI=1S/C10H19NO4S/c1-4-10(13)11(7(2)3)8-5-16(14,15)6-9(8)12/h7-9,12H,4-6H2,1-3H3/t8-,9-/m0/s1. The molecule has 1 amide bonds. The van der Waals surface area contributed by atoms with Gasteiger partial charge in [-0.2, -0.15) is 0 Å². The van der Waals surface area contributed by atoms with E-state index in [1.54, 1.807) is 6.92 Å². The molecule has 1 rings (SSSR count). The Morgan fingerprint density at radius 1 is 1.44 bits per heavy atom. The lowest BCUT2D eigenvalue weighted by Crippen LogP contribution is -2.50. The number of amides is 1. The van der Waals surface area contributed by atoms with Crippen molar-refractivity contribution in [3.8, 4) is 0 Å². The van der Waals surface area contributed by atoms with Crippen LogP contribution in [0.5, 0.6) is 0 Å². The van der Waals surface area contributed by atoms with Gasteiger partial charge in [0.05, 0.1) is 23.7 Å². The third-order valence-electron chi connectivity index (χ3n) is 2.80. The molecular weight excluding hydrogens is 230 g/mol. The summed E-state index contributed by atoms with van der Waals surface area (Å²) >= 11 is 0. The number of sulfone groups is 1. The molecule has 1 heterocycles. The Balaban J connectivity index is 2.93. The van der Waals surface area contributed by atoms with E-state index in [9.17, 15) is 18.3 Å². The monoisotopic (exact) mass is 249 g/mol. The molecule has 6 heteroatoms. The fourth-order valence-corrected chi connectivity index (χ4v) is 3.90. The molecule has 1 fully saturated rings. The highest BCUT2D eigenvalue weighted by Crippen LogP contribution is 2.21. The Morgan fingerprint density at radius 3 is 2.31 bits per heavy atom. The normalized spacial score (nSPS) is 28.3. The first-order valence-electron chi connectivity index (χ1n) is 5.48. The van der Waals surface area contributed by atoms with E-state index in [1.807, 2.05) is 13.8 Å². The van der Waals surface area contributed by atoms with Crippen molar-refractivity contribution in [3.05, 3.63) is 0 Å². The van der Waals surface area contributed by atoms with Crippen molar-refractivity contribution in [1.82, 2.24) is 4.90 Å². The number of aliphatic hydroxyl groups excluding tert-OH is 1. The first-order chi connectivity index (χ1) is 7.28. The van der Waals surface area contributed by atoms with Gasteiger partial charge in [0.1, 0.15) is 0 Å². The van der Waals surface area contributed by atoms with E-state index in [1.165, 1.54) is 4.90 Å². The maximum Gasteiger partial charge on any atom is 0.222 e. The van der Waals surface area contributed by atoms with Gasteiger partial charge in [-0.3, -0.25) is 4.79 Å². The zero-order valence-corrected chi connectivity index (χ0v) is 10.7. The highest BCUT2D eigenvalue weighted by atomic mass is 32.2. The number of aliphatic hydroxyl groups is 1. The van der Waals surface area contributed by atoms with E-state index in [-0.39, 0.29) is 23.5 Å². The molecule has 94 valence electrons. The Hall–Kier alpha value is -0.620. The highest BCUT2D eigenvalue weighted by molar-refractivity contribution is 7.91. The molecule has 0 aromatic carbocycles. The zero-order valence-electron chi connectivity index (χ0n) is 9.88. The van der Waals surface area contributed by atoms with Crippen LogP contribution in [0.15, 0.2) is 0 Å². The summed E-state index contributed by atoms with van der Waals surface area (Å²) in [4.78, 5) is 13.2. The summed E-state index contributed by atoms with van der Waals surface area (Å²) in [6, 6.07) is -0.683. The van der Waals surface area contributed by atoms with E-state index in [4.69, 9.17) is 0 Å². The number of carbonyl (C=O) groups is 1. The average Bonchev–Trinajstić information content (AvgIpc) is 2.39. The van der Waals surface area contributed by atoms with Crippen molar-refractivity contribution in [3.63, 3.8) is 0 Å². The van der Waals surface area contributed by atoms with Crippen LogP contribution < -0.4 is 0 Å². The van der Waals surface area contributed by atoms with Crippen LogP contribution in [0.2, 0.25) is 0 Å². The van der Waals surface area contributed by atoms with Crippen molar-refractivity contribution in [2.75, 3.05) is 11.5 Å². The Morgan fingerprint density at radius 2 is 2.00 bits per heavy atom. The third-order valence-corrected chi connectivity index (χ3v) is 4.50. The van der Waals surface area contributed by atoms with E-state index >= 15 is 0 Å². The molecular formula is C10H19NO4S. The number of nitrogens with zero attached hydrogens (tertiary/aromatic N) is 1. The molecule has 5 nitrogen and oxygen atoms in total. The van der Waals surface area contributed by atoms with Gasteiger partial charge in [-0.25, -0.2) is 8.42 Å². The molecule has 1 N–H and O–H groups in total. The highest BCUT2D eigenvalue weighted by Gasteiger charge is 2.42. The molecule has 0 unspecified atom stereocenters. The van der Waals surface area contributed by atoms with Crippen molar-refractivity contribution in [1.29, 1.82) is 0 Å². The molecule has 0 aromatic heterocycles. The Kier molecular flexibility index (Phi) is 3.96. The van der Waals surface area contributed by atoms with Crippen molar-refractivity contribution >= 4 is 15.7 Å². The van der Waals surface area contributed by atoms with Crippen LogP contribution in [0.1, 0.15) is 27.2 Å². The molecule has 2 atom stereocenters. The van der Waals surface area contributed by atoms with Crippen LogP contribution in [-0.2, 0) is 14.6 Å². The molecule has 0 aromatic rings. The average molecular weight is 249 g/mol. The summed E-state index contributed by atoms with van der Waals surface area (Å²) in [5, 5.41) is 9.72. The molecule has 1 aliphatic heterocycles. The van der Waals surface area contributed by atoms with Crippen molar-refractivity contribution < 1.29 is 18.3 Å². The maximum atomic E-state index is 11.7. The summed E-state index contributed by atoms with van der Waals surface area (Å²) in [5.41, 5.74) is 0. The predicted molar refractivity (Wildman–Crippen MR) is 60.7 cm³/mol. The van der Waals surface area contributed by atoms with Crippen LogP contribution in [0.4, 0.5) is 0 Å². The molecule has 16 heavy (non-hydrogen) atoms. The fraction of sp³-hybridized carbons (Fsp3) is 0.900. The molecule has 0 aliphatic carbocycles. The van der Waals surface area contributed by atoms with Gasteiger partial charge in [-0.15, -0.1) is 0 Å². The Bertz CT molecular complexity index is 363. The lowest BCUT2D eigenvalue weighted by Gasteiger charge is -2.33. The molecule has 1 aliphatic rings. The molecule has 0 saturated carbocycles. The van der Waals surface area contributed by atoms with Crippen molar-refractivity contribution in [2.24, 2.45) is 0 Å². The lowest BCUT2D eigenvalue weighted by atomic mass is 10.1. The topological polar surface area (TPSA) is 74.7 Å². The first kappa shape index (κ1) is 13.4. The summed E-state index contributed by atoms with van der Waals surface area (Å²) in [7, 11) is -3.21. The molecule has 0 spiro atoms. The van der Waals surface area contributed by atoms with E-state index in [0.717, 1.165) is 0 Å². The van der Waals surface area contributed by atoms with Gasteiger partial charge in [-0.05, 0) is 13.8 Å². The summed E-state index contributed by atoms with van der Waals surface area (Å²) in [6.45, 7) is 5.38. The second-order valence-corrected chi connectivity index (χ2v) is 6.61. The first-order valence-corrected chi connectivity index (χ1v) is 7.30. The van der Waals surface area contributed by atoms with E-state index in [2.05, 4.69) is 0 Å². The maximum absolute atomic E-state index is 11.7. The summed E-state index contributed by atoms with van der Waals surface area (Å²) in [5.74, 6) is -0.480. The quantitative estimate of drug-likeness (QED) is 0.751. The minimum absolute atomic E-state index is 0.0969. The predicted octanol–water partition coefficient (Wildman–Crippen LogP) is -0.209. The van der Waals surface area contributed by atoms with Crippen LogP contribution in [0.3, 0.4) is 0 Å². The van der Waals surface area contributed by atoms with E-state index in [0.29, 0.717) is 6.42 Å². The molecule has 0 bridgehead atoms. The molecule has 0 radical (unpaired) electrons. The van der Waals surface area contributed by atoms with Gasteiger partial charge in [0.15, 0.2) is 9.84 Å². The number of carbonyl (C=O) groups excluding carboxylic acids is 1. The van der Waals surface area contributed by atoms with Gasteiger partial charge in [0.2, 0.25) is 5.91 Å². The van der Waals surface area contributed by atoms with Gasteiger partial charge < -0.3 is 10.0 Å². The van der Waals surface area contributed by atoms with Gasteiger partial charge >= 0.3 is 0 Å². The van der Waals surface area contributed by atoms with Crippen LogP contribution in [0.25, 0.3) is 0 Å². The summed E-state index contributed by atoms with van der Waals surface area (Å²) < 4.78 is 22.8. The minimum atomic E-state index is -3.21. The van der Waals surface area contributed by atoms with Crippen LogP contribution in [-0.4, -0.2) is 54.0 Å². The van der Waals surface area contributed by atoms with Crippen LogP contribution >= 0.6 is 0 Å². The van der Waals surface area contributed by atoms with Gasteiger partial charge in [0.25, 0.3) is 0 Å². The fourth-order valence-electron chi connectivity index (χ4n) is 2.11. The smallest absolute Gasteiger partial charge is 0.222 e. The second kappa shape index (κ2) is 4.71. The van der Waals surface area contributed by atoms with E-state index < -0.39 is 22.0 Å². The number of hydrogen-bond donors (Lipinski definition) is 1. The van der Waals surface area contributed by atoms with Gasteiger partial charge in [-0.1, -0.05) is 6.92 Å². The zero-order chi connectivity index (χ0) is 12.5. The molecule has 1 saturated heterocycles. The SMILES string of the molecule is CCC(=O)N(C(C)C)[C@H]1CS(=O)(=O)C[C@@H]1O. The second-order valence-electron chi connectivity index (χ2n) is 4.46. The largest absolute Gasteiger partial charge is 0.390 e. The number of hydrogen-bond acceptors (Lipinski definition) is 4. The Labute approximate surface area is 96.4 Å². The van der Waals surface area contributed by atoms with Crippen LogP contribution in [0, 0.1) is 0 Å². The third kappa shape index (κ3) is 2.74. The summed E-state index contributed by atoms with van der Waals surface area (Å²) in [6.07, 6.45) is -0.635. The number of rotatable bonds is 3. The minimum Gasteiger partial charge on any atom is -0.390 e. The lowest BCUT2D eigenvalue weighted by molar-refractivity contribution is -0.136. The van der Waals surface area contributed by atoms with Crippen molar-refractivity contribution in [2.45, 2.75) is 45.4 Å².